The van der Waals surface area contributed by atoms with Crippen molar-refractivity contribution >= 4 is 35.8 Å². The van der Waals surface area contributed by atoms with Gasteiger partial charge in [0.1, 0.15) is 18.9 Å². The number of halogens is 1. The number of nitrogens with zero attached hydrogens (tertiary/aromatic N) is 2. The van der Waals surface area contributed by atoms with Crippen LogP contribution < -0.4 is 15.4 Å². The number of nitrogens with one attached hydrogen (secondary N) is 2. The van der Waals surface area contributed by atoms with E-state index in [0.717, 1.165) is 31.1 Å². The fraction of sp³-hybridized carbons (Fsp3) is 0.600. The highest BCUT2D eigenvalue weighted by Crippen LogP contribution is 2.17. The Bertz CT molecular complexity index is 562. The molecule has 1 aliphatic rings. The van der Waals surface area contributed by atoms with E-state index in [0.29, 0.717) is 19.2 Å². The molecule has 0 spiro atoms. The van der Waals surface area contributed by atoms with E-state index in [2.05, 4.69) is 15.6 Å². The number of amides is 1. The van der Waals surface area contributed by atoms with Crippen LogP contribution in [0.1, 0.15) is 39.0 Å². The molecule has 1 fully saturated rings. The molecule has 1 saturated carbocycles. The van der Waals surface area contributed by atoms with Crippen LogP contribution in [0.5, 0.6) is 5.75 Å². The highest BCUT2D eigenvalue weighted by Gasteiger charge is 2.15. The molecule has 152 valence electrons. The predicted molar refractivity (Wildman–Crippen MR) is 121 cm³/mol. The molecule has 0 bridgehead atoms. The summed E-state index contributed by atoms with van der Waals surface area (Å²) in [6.07, 6.45) is 5.88. The van der Waals surface area contributed by atoms with Crippen LogP contribution in [0, 0.1) is 0 Å². The van der Waals surface area contributed by atoms with Gasteiger partial charge in [-0.25, -0.2) is 4.99 Å². The third-order valence-corrected chi connectivity index (χ3v) is 4.48. The monoisotopic (exact) mass is 488 g/mol. The average Bonchev–Trinajstić information content (AvgIpc) is 2.66. The summed E-state index contributed by atoms with van der Waals surface area (Å²) >= 11 is 0. The number of likely N-dealkylation sites (N-methyl/N-ethyl adjacent to an activating group) is 1. The Hall–Kier alpha value is -1.51. The minimum absolute atomic E-state index is 0. The van der Waals surface area contributed by atoms with Gasteiger partial charge in [0.15, 0.2) is 5.96 Å². The second-order valence-electron chi connectivity index (χ2n) is 6.66. The number of hydrogen-bond acceptors (Lipinski definition) is 3. The zero-order valence-electron chi connectivity index (χ0n) is 16.4. The van der Waals surface area contributed by atoms with E-state index in [1.165, 1.54) is 19.3 Å². The van der Waals surface area contributed by atoms with E-state index in [4.69, 9.17) is 4.74 Å². The molecular formula is C20H33IN4O2. The number of carbonyl (C=O) groups is 1. The maximum Gasteiger partial charge on any atom is 0.242 e. The lowest BCUT2D eigenvalue weighted by atomic mass is 9.95. The summed E-state index contributed by atoms with van der Waals surface area (Å²) in [6, 6.07) is 10.1. The third-order valence-electron chi connectivity index (χ3n) is 4.48. The first-order valence-corrected chi connectivity index (χ1v) is 9.65. The van der Waals surface area contributed by atoms with Gasteiger partial charge < -0.3 is 20.3 Å². The van der Waals surface area contributed by atoms with Crippen molar-refractivity contribution in [1.82, 2.24) is 15.5 Å². The number of benzene rings is 1. The van der Waals surface area contributed by atoms with Crippen molar-refractivity contribution in [2.24, 2.45) is 4.99 Å². The average molecular weight is 488 g/mol. The van der Waals surface area contributed by atoms with Gasteiger partial charge in [0, 0.05) is 19.6 Å². The van der Waals surface area contributed by atoms with Crippen LogP contribution in [0.15, 0.2) is 35.3 Å². The molecule has 0 aromatic heterocycles. The van der Waals surface area contributed by atoms with Gasteiger partial charge in [-0.3, -0.25) is 4.79 Å². The summed E-state index contributed by atoms with van der Waals surface area (Å²) in [5, 5.41) is 6.33. The van der Waals surface area contributed by atoms with Crippen LogP contribution in [0.2, 0.25) is 0 Å². The van der Waals surface area contributed by atoms with E-state index in [1.807, 2.05) is 49.2 Å². The topological polar surface area (TPSA) is 66.0 Å². The Kier molecular flexibility index (Phi) is 11.9. The molecule has 1 aromatic carbocycles. The van der Waals surface area contributed by atoms with Crippen molar-refractivity contribution in [2.75, 3.05) is 33.3 Å². The lowest BCUT2D eigenvalue weighted by Crippen LogP contribution is -2.42. The SMILES string of the molecule is CCNC(=NCC(=O)NC1CCCCC1)N(C)CCOc1ccccc1.I. The smallest absolute Gasteiger partial charge is 0.242 e. The van der Waals surface area contributed by atoms with Crippen molar-refractivity contribution in [1.29, 1.82) is 0 Å². The van der Waals surface area contributed by atoms with Crippen LogP contribution >= 0.6 is 24.0 Å². The molecule has 0 unspecified atom stereocenters. The molecule has 0 heterocycles. The number of carbonyl (C=O) groups excluding carboxylic acids is 1. The van der Waals surface area contributed by atoms with Crippen molar-refractivity contribution in [3.8, 4) is 5.75 Å². The number of hydrogen-bond donors (Lipinski definition) is 2. The minimum Gasteiger partial charge on any atom is -0.492 e. The normalized spacial score (nSPS) is 14.8. The zero-order chi connectivity index (χ0) is 18.6. The van der Waals surface area contributed by atoms with E-state index in [-0.39, 0.29) is 36.4 Å². The van der Waals surface area contributed by atoms with E-state index >= 15 is 0 Å². The van der Waals surface area contributed by atoms with Gasteiger partial charge >= 0.3 is 0 Å². The number of para-hydroxylation sites is 1. The van der Waals surface area contributed by atoms with E-state index < -0.39 is 0 Å². The fourth-order valence-electron chi connectivity index (χ4n) is 3.06. The van der Waals surface area contributed by atoms with Crippen LogP contribution in [0.4, 0.5) is 0 Å². The molecule has 7 heteroatoms. The van der Waals surface area contributed by atoms with Crippen molar-refractivity contribution in [2.45, 2.75) is 45.1 Å². The molecule has 2 rings (SSSR count). The van der Waals surface area contributed by atoms with Gasteiger partial charge in [-0.1, -0.05) is 37.5 Å². The van der Waals surface area contributed by atoms with Crippen molar-refractivity contribution in [3.63, 3.8) is 0 Å². The summed E-state index contributed by atoms with van der Waals surface area (Å²) in [5.74, 6) is 1.58. The van der Waals surface area contributed by atoms with Gasteiger partial charge in [-0.05, 0) is 31.9 Å². The first-order chi connectivity index (χ1) is 12.7. The summed E-state index contributed by atoms with van der Waals surface area (Å²) in [5.41, 5.74) is 0. The first kappa shape index (κ1) is 23.5. The summed E-state index contributed by atoms with van der Waals surface area (Å²) < 4.78 is 5.73. The molecule has 1 aliphatic carbocycles. The largest absolute Gasteiger partial charge is 0.492 e. The number of rotatable bonds is 8. The lowest BCUT2D eigenvalue weighted by molar-refractivity contribution is -0.120. The number of guanidine groups is 1. The van der Waals surface area contributed by atoms with E-state index in [9.17, 15) is 4.79 Å². The van der Waals surface area contributed by atoms with Crippen molar-refractivity contribution in [3.05, 3.63) is 30.3 Å². The molecule has 0 radical (unpaired) electrons. The second-order valence-corrected chi connectivity index (χ2v) is 6.66. The van der Waals surface area contributed by atoms with Crippen LogP contribution in [0.25, 0.3) is 0 Å². The molecule has 6 nitrogen and oxygen atoms in total. The molecule has 0 atom stereocenters. The molecule has 2 N–H and O–H groups in total. The van der Waals surface area contributed by atoms with Gasteiger partial charge in [-0.2, -0.15) is 0 Å². The summed E-state index contributed by atoms with van der Waals surface area (Å²) in [7, 11) is 1.95. The summed E-state index contributed by atoms with van der Waals surface area (Å²) in [6.45, 7) is 4.17. The lowest BCUT2D eigenvalue weighted by Gasteiger charge is -2.23. The third kappa shape index (κ3) is 9.30. The quantitative estimate of drug-likeness (QED) is 0.336. The van der Waals surface area contributed by atoms with Gasteiger partial charge in [0.2, 0.25) is 5.91 Å². The Morgan fingerprint density at radius 2 is 1.93 bits per heavy atom. The molecule has 27 heavy (non-hydrogen) atoms. The second kappa shape index (κ2) is 13.6. The Morgan fingerprint density at radius 1 is 1.22 bits per heavy atom. The highest BCUT2D eigenvalue weighted by molar-refractivity contribution is 14.0. The minimum atomic E-state index is 0. The highest BCUT2D eigenvalue weighted by atomic mass is 127. The first-order valence-electron chi connectivity index (χ1n) is 9.65. The van der Waals surface area contributed by atoms with E-state index in [1.54, 1.807) is 0 Å². The maximum atomic E-state index is 12.2. The Labute approximate surface area is 180 Å². The van der Waals surface area contributed by atoms with Crippen molar-refractivity contribution < 1.29 is 9.53 Å². The molecule has 1 aromatic rings. The molecular weight excluding hydrogens is 455 g/mol. The predicted octanol–water partition coefficient (Wildman–Crippen LogP) is 3.03. The van der Waals surface area contributed by atoms with Crippen LogP contribution in [0.3, 0.4) is 0 Å². The van der Waals surface area contributed by atoms with Crippen LogP contribution in [-0.2, 0) is 4.79 Å². The van der Waals surface area contributed by atoms with Gasteiger partial charge in [0.05, 0.1) is 6.54 Å². The molecule has 0 aliphatic heterocycles. The van der Waals surface area contributed by atoms with Gasteiger partial charge in [-0.15, -0.1) is 24.0 Å². The summed E-state index contributed by atoms with van der Waals surface area (Å²) in [4.78, 5) is 18.6. The standard InChI is InChI=1S/C20H32N4O2.HI/c1-3-21-20(22-16-19(25)23-17-10-6-4-7-11-17)24(2)14-15-26-18-12-8-5-9-13-18;/h5,8-9,12-13,17H,3-4,6-7,10-11,14-16H2,1-2H3,(H,21,22)(H,23,25);1H. The Morgan fingerprint density at radius 3 is 2.59 bits per heavy atom. The maximum absolute atomic E-state index is 12.2. The Balaban J connectivity index is 0.00000364. The molecule has 1 amide bonds. The fourth-order valence-corrected chi connectivity index (χ4v) is 3.06. The molecule has 0 saturated heterocycles. The van der Waals surface area contributed by atoms with Gasteiger partial charge in [0.25, 0.3) is 0 Å². The number of aliphatic imine (C=N–C) groups is 1. The zero-order valence-corrected chi connectivity index (χ0v) is 18.8. The number of ether oxygens (including phenoxy) is 1. The van der Waals surface area contributed by atoms with Crippen LogP contribution in [-0.4, -0.2) is 56.1 Å².